The van der Waals surface area contributed by atoms with E-state index in [2.05, 4.69) is 54.3 Å². The van der Waals surface area contributed by atoms with Crippen LogP contribution in [0.3, 0.4) is 0 Å². The number of thioether (sulfide) groups is 1. The van der Waals surface area contributed by atoms with E-state index in [0.29, 0.717) is 5.75 Å². The molecule has 0 spiro atoms. The molecule has 6 heteroatoms. The van der Waals surface area contributed by atoms with Gasteiger partial charge in [0.15, 0.2) is 0 Å². The molecule has 1 amide bonds. The van der Waals surface area contributed by atoms with E-state index < -0.39 is 0 Å². The fourth-order valence-corrected chi connectivity index (χ4v) is 5.37. The molecule has 2 aromatic carbocycles. The zero-order valence-electron chi connectivity index (χ0n) is 16.1. The molecule has 0 bridgehead atoms. The fraction of sp³-hybridized carbons (Fsp3) is 0.364. The quantitative estimate of drug-likeness (QED) is 0.610. The first-order chi connectivity index (χ1) is 13.7. The number of carbonyl (C=O) groups excluding carboxylic acids is 1. The normalized spacial score (nSPS) is 15.2. The van der Waals surface area contributed by atoms with Gasteiger partial charge in [0.1, 0.15) is 5.01 Å². The third-order valence-electron chi connectivity index (χ3n) is 5.00. The number of hydrogen-bond donors (Lipinski definition) is 0. The smallest absolute Gasteiger partial charge is 0.232 e. The van der Waals surface area contributed by atoms with E-state index in [-0.39, 0.29) is 5.91 Å². The minimum atomic E-state index is 0.261. The van der Waals surface area contributed by atoms with Crippen molar-refractivity contribution in [1.29, 1.82) is 0 Å². The van der Waals surface area contributed by atoms with Crippen LogP contribution < -0.4 is 0 Å². The van der Waals surface area contributed by atoms with E-state index in [1.807, 2.05) is 11.0 Å². The molecular formula is C22H25N3OS2. The Balaban J connectivity index is 1.21. The monoisotopic (exact) mass is 411 g/mol. The molecule has 2 heterocycles. The maximum atomic E-state index is 12.5. The van der Waals surface area contributed by atoms with E-state index in [0.717, 1.165) is 49.0 Å². The van der Waals surface area contributed by atoms with Gasteiger partial charge in [-0.25, -0.2) is 4.98 Å². The van der Waals surface area contributed by atoms with Gasteiger partial charge in [-0.1, -0.05) is 42.0 Å². The first-order valence-corrected chi connectivity index (χ1v) is 11.6. The van der Waals surface area contributed by atoms with Crippen LogP contribution in [0.25, 0.3) is 10.2 Å². The summed E-state index contributed by atoms with van der Waals surface area (Å²) in [5.74, 6) is 1.72. The molecule has 0 saturated carbocycles. The highest BCUT2D eigenvalue weighted by Gasteiger charge is 2.21. The molecule has 0 radical (unpaired) electrons. The number of hydrogen-bond acceptors (Lipinski definition) is 5. The van der Waals surface area contributed by atoms with E-state index in [4.69, 9.17) is 4.98 Å². The van der Waals surface area contributed by atoms with Gasteiger partial charge < -0.3 is 4.90 Å². The molecule has 4 rings (SSSR count). The second-order valence-electron chi connectivity index (χ2n) is 7.21. The summed E-state index contributed by atoms with van der Waals surface area (Å²) in [5.41, 5.74) is 3.65. The van der Waals surface area contributed by atoms with Crippen LogP contribution >= 0.6 is 23.1 Å². The van der Waals surface area contributed by atoms with Crippen molar-refractivity contribution >= 4 is 39.2 Å². The molecule has 1 aromatic heterocycles. The van der Waals surface area contributed by atoms with E-state index in [1.54, 1.807) is 23.1 Å². The maximum Gasteiger partial charge on any atom is 0.232 e. The largest absolute Gasteiger partial charge is 0.339 e. The highest BCUT2D eigenvalue weighted by atomic mass is 32.2. The molecule has 3 aromatic rings. The third-order valence-corrected chi connectivity index (χ3v) is 7.01. The zero-order chi connectivity index (χ0) is 19.3. The summed E-state index contributed by atoms with van der Waals surface area (Å²) in [7, 11) is 0. The second kappa shape index (κ2) is 9.07. The van der Waals surface area contributed by atoms with Crippen LogP contribution in [-0.2, 0) is 17.1 Å². The lowest BCUT2D eigenvalue weighted by molar-refractivity contribution is -0.130. The molecule has 4 nitrogen and oxygen atoms in total. The zero-order valence-corrected chi connectivity index (χ0v) is 17.8. The average molecular weight is 412 g/mol. The van der Waals surface area contributed by atoms with Gasteiger partial charge in [-0.3, -0.25) is 9.69 Å². The Morgan fingerprint density at radius 1 is 1.11 bits per heavy atom. The van der Waals surface area contributed by atoms with Crippen molar-refractivity contribution in [2.24, 2.45) is 0 Å². The number of rotatable bonds is 6. The molecule has 1 fully saturated rings. The summed E-state index contributed by atoms with van der Waals surface area (Å²) in [6, 6.07) is 16.8. The van der Waals surface area contributed by atoms with Crippen molar-refractivity contribution in [1.82, 2.24) is 14.8 Å². The van der Waals surface area contributed by atoms with Crippen LogP contribution in [0, 0.1) is 6.92 Å². The van der Waals surface area contributed by atoms with Crippen molar-refractivity contribution in [3.8, 4) is 0 Å². The molecule has 0 unspecified atom stereocenters. The Kier molecular flexibility index (Phi) is 6.29. The van der Waals surface area contributed by atoms with Gasteiger partial charge in [0.25, 0.3) is 0 Å². The Morgan fingerprint density at radius 2 is 1.93 bits per heavy atom. The fourth-order valence-electron chi connectivity index (χ4n) is 3.48. The number of fused-ring (bicyclic) bond motifs is 1. The molecule has 146 valence electrons. The SMILES string of the molecule is Cc1cccc(CSCC(=O)N2CCN(Cc3nc4ccccc4s3)CC2)c1. The summed E-state index contributed by atoms with van der Waals surface area (Å²) < 4.78 is 1.25. The summed E-state index contributed by atoms with van der Waals surface area (Å²) in [6.07, 6.45) is 0. The number of carbonyl (C=O) groups is 1. The van der Waals surface area contributed by atoms with Crippen LogP contribution in [-0.4, -0.2) is 52.6 Å². The molecule has 1 saturated heterocycles. The number of aromatic nitrogens is 1. The number of amides is 1. The van der Waals surface area contributed by atoms with E-state index in [1.165, 1.54) is 15.8 Å². The number of piperazine rings is 1. The van der Waals surface area contributed by atoms with E-state index in [9.17, 15) is 4.79 Å². The molecular weight excluding hydrogens is 386 g/mol. The number of nitrogens with zero attached hydrogens (tertiary/aromatic N) is 3. The Morgan fingerprint density at radius 3 is 2.71 bits per heavy atom. The van der Waals surface area contributed by atoms with Gasteiger partial charge in [-0.2, -0.15) is 0 Å². The summed E-state index contributed by atoms with van der Waals surface area (Å²) in [4.78, 5) is 21.7. The summed E-state index contributed by atoms with van der Waals surface area (Å²) in [6.45, 7) is 6.45. The standard InChI is InChI=1S/C22H25N3OS2/c1-17-5-4-6-18(13-17)15-27-16-22(26)25-11-9-24(10-12-25)14-21-23-19-7-2-3-8-20(19)28-21/h2-8,13H,9-12,14-16H2,1H3. The molecule has 1 aliphatic heterocycles. The average Bonchev–Trinajstić information content (AvgIpc) is 3.11. The van der Waals surface area contributed by atoms with Crippen LogP contribution in [0.4, 0.5) is 0 Å². The summed E-state index contributed by atoms with van der Waals surface area (Å²) in [5, 5.41) is 1.16. The van der Waals surface area contributed by atoms with Crippen LogP contribution in [0.5, 0.6) is 0 Å². The highest BCUT2D eigenvalue weighted by Crippen LogP contribution is 2.23. The van der Waals surface area contributed by atoms with Gasteiger partial charge in [0, 0.05) is 31.9 Å². The third kappa shape index (κ3) is 4.93. The molecule has 1 aliphatic rings. The molecule has 0 aliphatic carbocycles. The van der Waals surface area contributed by atoms with E-state index >= 15 is 0 Å². The maximum absolute atomic E-state index is 12.5. The van der Waals surface area contributed by atoms with Gasteiger partial charge in [0.05, 0.1) is 22.5 Å². The Hall–Kier alpha value is -1.89. The van der Waals surface area contributed by atoms with Crippen molar-refractivity contribution in [3.05, 3.63) is 64.7 Å². The molecule has 28 heavy (non-hydrogen) atoms. The lowest BCUT2D eigenvalue weighted by atomic mass is 10.2. The van der Waals surface area contributed by atoms with Gasteiger partial charge >= 0.3 is 0 Å². The number of para-hydroxylation sites is 1. The second-order valence-corrected chi connectivity index (χ2v) is 9.31. The summed E-state index contributed by atoms with van der Waals surface area (Å²) >= 11 is 3.48. The number of aryl methyl sites for hydroxylation is 1. The predicted octanol–water partition coefficient (Wildman–Crippen LogP) is 4.18. The van der Waals surface area contributed by atoms with Crippen LogP contribution in [0.2, 0.25) is 0 Å². The van der Waals surface area contributed by atoms with Crippen molar-refractivity contribution < 1.29 is 4.79 Å². The van der Waals surface area contributed by atoms with Crippen molar-refractivity contribution in [2.75, 3.05) is 31.9 Å². The number of thiazole rings is 1. The van der Waals surface area contributed by atoms with Gasteiger partial charge in [-0.05, 0) is 24.6 Å². The van der Waals surface area contributed by atoms with Crippen molar-refractivity contribution in [3.63, 3.8) is 0 Å². The minimum Gasteiger partial charge on any atom is -0.339 e. The first-order valence-electron chi connectivity index (χ1n) is 9.65. The highest BCUT2D eigenvalue weighted by molar-refractivity contribution is 7.99. The number of benzene rings is 2. The first kappa shape index (κ1) is 19.4. The van der Waals surface area contributed by atoms with Crippen LogP contribution in [0.1, 0.15) is 16.1 Å². The van der Waals surface area contributed by atoms with Gasteiger partial charge in [0.2, 0.25) is 5.91 Å². The van der Waals surface area contributed by atoms with Crippen LogP contribution in [0.15, 0.2) is 48.5 Å². The van der Waals surface area contributed by atoms with Gasteiger partial charge in [-0.15, -0.1) is 23.1 Å². The predicted molar refractivity (Wildman–Crippen MR) is 119 cm³/mol. The Bertz CT molecular complexity index is 915. The molecule has 0 N–H and O–H groups in total. The minimum absolute atomic E-state index is 0.261. The lowest BCUT2D eigenvalue weighted by Crippen LogP contribution is -2.48. The lowest BCUT2D eigenvalue weighted by Gasteiger charge is -2.34. The Labute approximate surface area is 174 Å². The topological polar surface area (TPSA) is 36.4 Å². The molecule has 0 atom stereocenters. The van der Waals surface area contributed by atoms with Crippen molar-refractivity contribution in [2.45, 2.75) is 19.2 Å².